The van der Waals surface area contributed by atoms with Gasteiger partial charge in [0.15, 0.2) is 0 Å². The number of carboxylic acids is 1. The second-order valence-electron chi connectivity index (χ2n) is 2.77. The van der Waals surface area contributed by atoms with Gasteiger partial charge in [0.1, 0.15) is 6.54 Å². The number of nitrogens with zero attached hydrogens (tertiary/aromatic N) is 1. The molecule has 0 rings (SSSR count). The van der Waals surface area contributed by atoms with Crippen LogP contribution in [0.25, 0.3) is 0 Å². The molecule has 3 N–H and O–H groups in total. The standard InChI is InChI=1S/C8H16N2O3/c1-2-3-4-10(6-8(12)13)7(11)5-9/h2-6,9H2,1H3,(H,12,13). The lowest BCUT2D eigenvalue weighted by Gasteiger charge is -2.19. The molecule has 13 heavy (non-hydrogen) atoms. The van der Waals surface area contributed by atoms with Gasteiger partial charge in [0, 0.05) is 6.54 Å². The summed E-state index contributed by atoms with van der Waals surface area (Å²) in [5.74, 6) is -1.31. The third-order valence-corrected chi connectivity index (χ3v) is 1.64. The van der Waals surface area contributed by atoms with Crippen molar-refractivity contribution in [2.45, 2.75) is 19.8 Å². The first kappa shape index (κ1) is 11.9. The summed E-state index contributed by atoms with van der Waals surface area (Å²) >= 11 is 0. The molecule has 0 saturated heterocycles. The van der Waals surface area contributed by atoms with E-state index in [9.17, 15) is 9.59 Å². The predicted molar refractivity (Wildman–Crippen MR) is 48.2 cm³/mol. The van der Waals surface area contributed by atoms with Crippen LogP contribution >= 0.6 is 0 Å². The lowest BCUT2D eigenvalue weighted by Crippen LogP contribution is -2.40. The van der Waals surface area contributed by atoms with Crippen LogP contribution in [0.1, 0.15) is 19.8 Å². The Morgan fingerprint density at radius 3 is 2.46 bits per heavy atom. The number of hydrogen-bond donors (Lipinski definition) is 2. The molecule has 0 spiro atoms. The normalized spacial score (nSPS) is 9.69. The van der Waals surface area contributed by atoms with Gasteiger partial charge in [-0.1, -0.05) is 13.3 Å². The number of unbranched alkanes of at least 4 members (excludes halogenated alkanes) is 1. The van der Waals surface area contributed by atoms with Crippen LogP contribution in [0.2, 0.25) is 0 Å². The average Bonchev–Trinajstić information content (AvgIpc) is 2.10. The molecular formula is C8H16N2O3. The third-order valence-electron chi connectivity index (χ3n) is 1.64. The molecule has 0 bridgehead atoms. The first-order valence-electron chi connectivity index (χ1n) is 4.31. The van der Waals surface area contributed by atoms with Crippen molar-refractivity contribution in [2.24, 2.45) is 5.73 Å². The van der Waals surface area contributed by atoms with Gasteiger partial charge in [-0.25, -0.2) is 0 Å². The molecule has 0 aliphatic heterocycles. The van der Waals surface area contributed by atoms with Gasteiger partial charge in [-0.3, -0.25) is 9.59 Å². The number of amides is 1. The molecule has 0 unspecified atom stereocenters. The summed E-state index contributed by atoms with van der Waals surface area (Å²) in [6.07, 6.45) is 1.73. The average molecular weight is 188 g/mol. The summed E-state index contributed by atoms with van der Waals surface area (Å²) < 4.78 is 0. The SMILES string of the molecule is CCCCN(CC(=O)O)C(=O)CN. The van der Waals surface area contributed by atoms with Gasteiger partial charge in [0.25, 0.3) is 0 Å². The summed E-state index contributed by atoms with van der Waals surface area (Å²) in [6.45, 7) is 2.07. The Labute approximate surface area is 77.5 Å². The van der Waals surface area contributed by atoms with Gasteiger partial charge < -0.3 is 15.7 Å². The number of carbonyl (C=O) groups is 2. The van der Waals surface area contributed by atoms with Crippen LogP contribution in [-0.4, -0.2) is 41.5 Å². The molecule has 0 aromatic carbocycles. The summed E-state index contributed by atoms with van der Waals surface area (Å²) in [7, 11) is 0. The molecule has 5 heteroatoms. The monoisotopic (exact) mass is 188 g/mol. The Balaban J connectivity index is 4.02. The maximum atomic E-state index is 11.1. The van der Waals surface area contributed by atoms with Gasteiger partial charge in [0.2, 0.25) is 5.91 Å². The number of hydrogen-bond acceptors (Lipinski definition) is 3. The van der Waals surface area contributed by atoms with Gasteiger partial charge in [-0.15, -0.1) is 0 Å². The molecule has 0 aliphatic carbocycles. The molecule has 0 aromatic heterocycles. The molecule has 0 heterocycles. The first-order valence-corrected chi connectivity index (χ1v) is 4.31. The lowest BCUT2D eigenvalue weighted by atomic mass is 10.3. The first-order chi connectivity index (χ1) is 6.11. The number of rotatable bonds is 6. The fraction of sp³-hybridized carbons (Fsp3) is 0.750. The van der Waals surface area contributed by atoms with Crippen LogP contribution in [0.15, 0.2) is 0 Å². The number of nitrogens with two attached hydrogens (primary N) is 1. The Hall–Kier alpha value is -1.10. The largest absolute Gasteiger partial charge is 0.480 e. The maximum absolute atomic E-state index is 11.1. The van der Waals surface area contributed by atoms with Crippen LogP contribution in [0.5, 0.6) is 0 Å². The minimum Gasteiger partial charge on any atom is -0.480 e. The quantitative estimate of drug-likeness (QED) is 0.597. The van der Waals surface area contributed by atoms with Gasteiger partial charge in [-0.05, 0) is 6.42 Å². The van der Waals surface area contributed by atoms with E-state index in [4.69, 9.17) is 10.8 Å². The Morgan fingerprint density at radius 2 is 2.08 bits per heavy atom. The predicted octanol–water partition coefficient (Wildman–Crippen LogP) is -0.342. The van der Waals surface area contributed by atoms with Crippen LogP contribution in [-0.2, 0) is 9.59 Å². The molecule has 0 aromatic rings. The zero-order valence-electron chi connectivity index (χ0n) is 7.82. The fourth-order valence-electron chi connectivity index (χ4n) is 0.933. The van der Waals surface area contributed by atoms with Crippen LogP contribution in [0.4, 0.5) is 0 Å². The van der Waals surface area contributed by atoms with Crippen LogP contribution in [0.3, 0.4) is 0 Å². The molecular weight excluding hydrogens is 172 g/mol. The van der Waals surface area contributed by atoms with Crippen molar-refractivity contribution in [3.05, 3.63) is 0 Å². The highest BCUT2D eigenvalue weighted by Gasteiger charge is 2.13. The second-order valence-corrected chi connectivity index (χ2v) is 2.77. The minimum atomic E-state index is -1.00. The van der Waals surface area contributed by atoms with E-state index in [0.29, 0.717) is 6.54 Å². The molecule has 0 saturated carbocycles. The van der Waals surface area contributed by atoms with Gasteiger partial charge in [0.05, 0.1) is 6.54 Å². The van der Waals surface area contributed by atoms with E-state index in [1.807, 2.05) is 6.92 Å². The summed E-state index contributed by atoms with van der Waals surface area (Å²) in [4.78, 5) is 22.7. The topological polar surface area (TPSA) is 83.6 Å². The van der Waals surface area contributed by atoms with Crippen molar-refractivity contribution in [3.63, 3.8) is 0 Å². The highest BCUT2D eigenvalue weighted by molar-refractivity contribution is 5.82. The summed E-state index contributed by atoms with van der Waals surface area (Å²) in [5, 5.41) is 8.49. The van der Waals surface area contributed by atoms with E-state index in [1.165, 1.54) is 4.90 Å². The smallest absolute Gasteiger partial charge is 0.323 e. The maximum Gasteiger partial charge on any atom is 0.323 e. The lowest BCUT2D eigenvalue weighted by molar-refractivity contribution is -0.143. The molecule has 0 aliphatic rings. The van der Waals surface area contributed by atoms with E-state index in [0.717, 1.165) is 12.8 Å². The van der Waals surface area contributed by atoms with Crippen molar-refractivity contribution in [2.75, 3.05) is 19.6 Å². The zero-order valence-corrected chi connectivity index (χ0v) is 7.82. The second kappa shape index (κ2) is 6.42. The highest BCUT2D eigenvalue weighted by atomic mass is 16.4. The van der Waals surface area contributed by atoms with Crippen molar-refractivity contribution in [1.29, 1.82) is 0 Å². The molecule has 76 valence electrons. The molecule has 5 nitrogen and oxygen atoms in total. The molecule has 0 fully saturated rings. The summed E-state index contributed by atoms with van der Waals surface area (Å²) in [6, 6.07) is 0. The number of carboxylic acid groups (broad SMARTS) is 1. The fourth-order valence-corrected chi connectivity index (χ4v) is 0.933. The van der Waals surface area contributed by atoms with E-state index in [2.05, 4.69) is 0 Å². The van der Waals surface area contributed by atoms with Crippen LogP contribution in [0, 0.1) is 0 Å². The summed E-state index contributed by atoms with van der Waals surface area (Å²) in [5.41, 5.74) is 5.14. The van der Waals surface area contributed by atoms with Gasteiger partial charge >= 0.3 is 5.97 Å². The molecule has 0 atom stereocenters. The molecule has 1 amide bonds. The Kier molecular flexibility index (Phi) is 5.88. The van der Waals surface area contributed by atoms with Crippen molar-refractivity contribution >= 4 is 11.9 Å². The zero-order chi connectivity index (χ0) is 10.3. The van der Waals surface area contributed by atoms with Crippen molar-refractivity contribution in [1.82, 2.24) is 4.90 Å². The number of aliphatic carboxylic acids is 1. The highest BCUT2D eigenvalue weighted by Crippen LogP contribution is 1.95. The van der Waals surface area contributed by atoms with Crippen LogP contribution < -0.4 is 5.73 Å². The van der Waals surface area contributed by atoms with Crippen molar-refractivity contribution < 1.29 is 14.7 Å². The van der Waals surface area contributed by atoms with E-state index < -0.39 is 5.97 Å². The van der Waals surface area contributed by atoms with E-state index >= 15 is 0 Å². The third kappa shape index (κ3) is 5.19. The Morgan fingerprint density at radius 1 is 1.46 bits per heavy atom. The van der Waals surface area contributed by atoms with Gasteiger partial charge in [-0.2, -0.15) is 0 Å². The Bertz CT molecular complexity index is 182. The van der Waals surface area contributed by atoms with E-state index in [-0.39, 0.29) is 19.0 Å². The molecule has 0 radical (unpaired) electrons. The number of carbonyl (C=O) groups excluding carboxylic acids is 1. The minimum absolute atomic E-state index is 0.128. The van der Waals surface area contributed by atoms with Crippen molar-refractivity contribution in [3.8, 4) is 0 Å². The van der Waals surface area contributed by atoms with E-state index in [1.54, 1.807) is 0 Å².